The summed E-state index contributed by atoms with van der Waals surface area (Å²) in [6, 6.07) is 12.8. The van der Waals surface area contributed by atoms with Gasteiger partial charge in [-0.3, -0.25) is 9.78 Å². The maximum absolute atomic E-state index is 12.8. The van der Waals surface area contributed by atoms with Gasteiger partial charge in [0, 0.05) is 28.4 Å². The van der Waals surface area contributed by atoms with E-state index in [-0.39, 0.29) is 5.91 Å². The Morgan fingerprint density at radius 2 is 2.04 bits per heavy atom. The van der Waals surface area contributed by atoms with Gasteiger partial charge in [0.15, 0.2) is 0 Å². The Labute approximate surface area is 155 Å². The Hall–Kier alpha value is -2.50. The van der Waals surface area contributed by atoms with Crippen LogP contribution in [0.15, 0.2) is 60.1 Å². The fraction of sp³-hybridized carbons (Fsp3) is 0.105. The summed E-state index contributed by atoms with van der Waals surface area (Å²) in [5.41, 5.74) is 2.35. The first-order valence-electron chi connectivity index (χ1n) is 7.69. The Kier molecular flexibility index (Phi) is 5.58. The first kappa shape index (κ1) is 17.3. The molecule has 1 amide bonds. The zero-order chi connectivity index (χ0) is 17.6. The third-order valence-corrected chi connectivity index (χ3v) is 4.53. The highest BCUT2D eigenvalue weighted by Gasteiger charge is 2.14. The molecular formula is C19H16ClN3OS. The third-order valence-electron chi connectivity index (χ3n) is 3.48. The van der Waals surface area contributed by atoms with E-state index in [1.807, 2.05) is 42.6 Å². The lowest BCUT2D eigenvalue weighted by molar-refractivity contribution is -0.114. The Morgan fingerprint density at radius 1 is 1.24 bits per heavy atom. The van der Waals surface area contributed by atoms with Crippen LogP contribution in [0.4, 0.5) is 5.69 Å². The van der Waals surface area contributed by atoms with Crippen molar-refractivity contribution in [2.24, 2.45) is 0 Å². The third kappa shape index (κ3) is 4.75. The van der Waals surface area contributed by atoms with E-state index >= 15 is 0 Å². The lowest BCUT2D eigenvalue weighted by Crippen LogP contribution is -2.29. The second-order valence-corrected chi connectivity index (χ2v) is 6.85. The Balaban J connectivity index is 1.85. The molecule has 3 aromatic rings. The van der Waals surface area contributed by atoms with Crippen LogP contribution in [0.3, 0.4) is 0 Å². The van der Waals surface area contributed by atoms with Crippen molar-refractivity contribution < 1.29 is 4.79 Å². The van der Waals surface area contributed by atoms with Gasteiger partial charge in [0.25, 0.3) is 5.91 Å². The molecule has 3 rings (SSSR count). The standard InChI is InChI=1S/C19H16ClN3OS/c1-14-22-17(13-25-14)7-10-19(24)23(12-16-4-2-3-11-21-16)18-8-5-15(20)6-9-18/h2-11,13H,12H2,1H3/b10-7+. The number of thiazole rings is 1. The zero-order valence-corrected chi connectivity index (χ0v) is 15.2. The molecule has 0 saturated heterocycles. The van der Waals surface area contributed by atoms with Crippen molar-refractivity contribution in [3.05, 3.63) is 81.5 Å². The summed E-state index contributed by atoms with van der Waals surface area (Å²) in [5.74, 6) is -0.140. The predicted molar refractivity (Wildman–Crippen MR) is 103 cm³/mol. The van der Waals surface area contributed by atoms with Crippen LogP contribution >= 0.6 is 22.9 Å². The Morgan fingerprint density at radius 3 is 2.68 bits per heavy atom. The molecule has 0 N–H and O–H groups in total. The van der Waals surface area contributed by atoms with Crippen molar-refractivity contribution in [1.29, 1.82) is 0 Å². The summed E-state index contributed by atoms with van der Waals surface area (Å²) < 4.78 is 0. The number of amides is 1. The van der Waals surface area contributed by atoms with E-state index in [9.17, 15) is 4.79 Å². The average molecular weight is 370 g/mol. The highest BCUT2D eigenvalue weighted by molar-refractivity contribution is 7.09. The highest BCUT2D eigenvalue weighted by Crippen LogP contribution is 2.20. The van der Waals surface area contributed by atoms with Crippen LogP contribution in [0.25, 0.3) is 6.08 Å². The van der Waals surface area contributed by atoms with Gasteiger partial charge in [-0.05, 0) is 49.4 Å². The molecule has 1 aromatic carbocycles. The normalized spacial score (nSPS) is 11.0. The molecule has 0 saturated carbocycles. The molecule has 0 aliphatic rings. The smallest absolute Gasteiger partial charge is 0.251 e. The van der Waals surface area contributed by atoms with E-state index in [0.29, 0.717) is 11.6 Å². The minimum atomic E-state index is -0.140. The summed E-state index contributed by atoms with van der Waals surface area (Å²) >= 11 is 7.52. The van der Waals surface area contributed by atoms with E-state index < -0.39 is 0 Å². The zero-order valence-electron chi connectivity index (χ0n) is 13.6. The molecule has 0 radical (unpaired) electrons. The SMILES string of the molecule is Cc1nc(/C=C/C(=O)N(Cc2ccccn2)c2ccc(Cl)cc2)cs1. The largest absolute Gasteiger partial charge is 0.303 e. The minimum Gasteiger partial charge on any atom is -0.303 e. The van der Waals surface area contributed by atoms with E-state index in [0.717, 1.165) is 22.1 Å². The molecule has 2 heterocycles. The molecule has 25 heavy (non-hydrogen) atoms. The van der Waals surface area contributed by atoms with Crippen molar-refractivity contribution in [3.63, 3.8) is 0 Å². The van der Waals surface area contributed by atoms with Crippen LogP contribution < -0.4 is 4.90 Å². The van der Waals surface area contributed by atoms with Gasteiger partial charge >= 0.3 is 0 Å². The molecule has 0 spiro atoms. The van der Waals surface area contributed by atoms with Crippen LogP contribution in [0.2, 0.25) is 5.02 Å². The van der Waals surface area contributed by atoms with Crippen LogP contribution in [-0.2, 0) is 11.3 Å². The van der Waals surface area contributed by atoms with Crippen LogP contribution in [-0.4, -0.2) is 15.9 Å². The molecule has 126 valence electrons. The number of carbonyl (C=O) groups excluding carboxylic acids is 1. The number of pyridine rings is 1. The molecular weight excluding hydrogens is 354 g/mol. The minimum absolute atomic E-state index is 0.140. The van der Waals surface area contributed by atoms with E-state index in [2.05, 4.69) is 9.97 Å². The second-order valence-electron chi connectivity index (χ2n) is 5.35. The van der Waals surface area contributed by atoms with Crippen LogP contribution in [0.1, 0.15) is 16.4 Å². The number of halogens is 1. The first-order valence-corrected chi connectivity index (χ1v) is 8.95. The number of benzene rings is 1. The van der Waals surface area contributed by atoms with Gasteiger partial charge in [0.2, 0.25) is 0 Å². The van der Waals surface area contributed by atoms with Gasteiger partial charge in [-0.15, -0.1) is 11.3 Å². The summed E-state index contributed by atoms with van der Waals surface area (Å²) in [4.78, 5) is 23.1. The summed E-state index contributed by atoms with van der Waals surface area (Å²) in [6.07, 6.45) is 4.98. The Bertz CT molecular complexity index is 875. The van der Waals surface area contributed by atoms with Crippen molar-refractivity contribution in [3.8, 4) is 0 Å². The molecule has 2 aromatic heterocycles. The number of aryl methyl sites for hydroxylation is 1. The number of anilines is 1. The molecule has 0 atom stereocenters. The number of rotatable bonds is 5. The van der Waals surface area contributed by atoms with E-state index in [4.69, 9.17) is 11.6 Å². The number of aromatic nitrogens is 2. The maximum Gasteiger partial charge on any atom is 0.251 e. The fourth-order valence-electron chi connectivity index (χ4n) is 2.27. The van der Waals surface area contributed by atoms with Gasteiger partial charge in [0.1, 0.15) is 0 Å². The molecule has 0 aliphatic heterocycles. The van der Waals surface area contributed by atoms with Gasteiger partial charge in [-0.1, -0.05) is 17.7 Å². The predicted octanol–water partition coefficient (Wildman–Crippen LogP) is 4.75. The van der Waals surface area contributed by atoms with Gasteiger partial charge in [-0.2, -0.15) is 0 Å². The molecule has 6 heteroatoms. The van der Waals surface area contributed by atoms with Crippen molar-refractivity contribution in [2.45, 2.75) is 13.5 Å². The number of hydrogen-bond donors (Lipinski definition) is 0. The van der Waals surface area contributed by atoms with Crippen LogP contribution in [0, 0.1) is 6.92 Å². The van der Waals surface area contributed by atoms with Crippen molar-refractivity contribution >= 4 is 40.6 Å². The summed E-state index contributed by atoms with van der Waals surface area (Å²) in [7, 11) is 0. The second kappa shape index (κ2) is 8.05. The topological polar surface area (TPSA) is 46.1 Å². The number of carbonyl (C=O) groups is 1. The average Bonchev–Trinajstić information content (AvgIpc) is 3.05. The van der Waals surface area contributed by atoms with Crippen molar-refractivity contribution in [1.82, 2.24) is 9.97 Å². The van der Waals surface area contributed by atoms with Gasteiger partial charge < -0.3 is 4.90 Å². The van der Waals surface area contributed by atoms with Crippen molar-refractivity contribution in [2.75, 3.05) is 4.90 Å². The van der Waals surface area contributed by atoms with Crippen LogP contribution in [0.5, 0.6) is 0 Å². The summed E-state index contributed by atoms with van der Waals surface area (Å²) in [5, 5.41) is 3.52. The maximum atomic E-state index is 12.8. The molecule has 0 aliphatic carbocycles. The lowest BCUT2D eigenvalue weighted by Gasteiger charge is -2.21. The highest BCUT2D eigenvalue weighted by atomic mass is 35.5. The number of hydrogen-bond acceptors (Lipinski definition) is 4. The summed E-state index contributed by atoms with van der Waals surface area (Å²) in [6.45, 7) is 2.31. The quantitative estimate of drug-likeness (QED) is 0.610. The van der Waals surface area contributed by atoms with Gasteiger partial charge in [0.05, 0.1) is 22.9 Å². The molecule has 0 fully saturated rings. The lowest BCUT2D eigenvalue weighted by atomic mass is 10.2. The number of nitrogens with zero attached hydrogens (tertiary/aromatic N) is 3. The van der Waals surface area contributed by atoms with Gasteiger partial charge in [-0.25, -0.2) is 4.98 Å². The van der Waals surface area contributed by atoms with E-state index in [1.165, 1.54) is 6.08 Å². The first-order chi connectivity index (χ1) is 12.1. The van der Waals surface area contributed by atoms with E-state index in [1.54, 1.807) is 40.6 Å². The monoisotopic (exact) mass is 369 g/mol. The molecule has 0 unspecified atom stereocenters. The fourth-order valence-corrected chi connectivity index (χ4v) is 2.98. The molecule has 0 bridgehead atoms. The molecule has 4 nitrogen and oxygen atoms in total.